The zero-order valence-corrected chi connectivity index (χ0v) is 11.7. The first kappa shape index (κ1) is 14.7. The standard InChI is InChI=1S/C11H12ClNO4S/c1-5-8(11(16)17-3)10(13-7(15)4-12)18-9(5)6(2)14/h4H2,1-3H3,(H,13,15). The summed E-state index contributed by atoms with van der Waals surface area (Å²) in [6.07, 6.45) is 0. The maximum absolute atomic E-state index is 11.6. The molecule has 7 heteroatoms. The number of carbonyl (C=O) groups is 3. The molecule has 98 valence electrons. The van der Waals surface area contributed by atoms with E-state index < -0.39 is 11.9 Å². The van der Waals surface area contributed by atoms with Gasteiger partial charge in [-0.25, -0.2) is 4.79 Å². The first-order valence-corrected chi connectivity index (χ1v) is 6.35. The Kier molecular flexibility index (Phi) is 4.86. The summed E-state index contributed by atoms with van der Waals surface area (Å²) in [6, 6.07) is 0. The fraction of sp³-hybridized carbons (Fsp3) is 0.364. The van der Waals surface area contributed by atoms with E-state index in [1.807, 2.05) is 0 Å². The highest BCUT2D eigenvalue weighted by Crippen LogP contribution is 2.33. The number of Topliss-reactive ketones (excluding diaryl/α,β-unsaturated/α-hetero) is 1. The molecule has 1 aromatic rings. The highest BCUT2D eigenvalue weighted by molar-refractivity contribution is 7.18. The normalized spacial score (nSPS) is 10.0. The van der Waals surface area contributed by atoms with Crippen molar-refractivity contribution >= 4 is 45.6 Å². The van der Waals surface area contributed by atoms with Gasteiger partial charge in [0.1, 0.15) is 10.9 Å². The molecule has 0 saturated heterocycles. The van der Waals surface area contributed by atoms with Crippen LogP contribution in [0.25, 0.3) is 0 Å². The lowest BCUT2D eigenvalue weighted by Crippen LogP contribution is -2.14. The van der Waals surface area contributed by atoms with Crippen molar-refractivity contribution in [2.45, 2.75) is 13.8 Å². The van der Waals surface area contributed by atoms with Crippen molar-refractivity contribution in [1.29, 1.82) is 0 Å². The number of esters is 1. The van der Waals surface area contributed by atoms with E-state index in [4.69, 9.17) is 11.6 Å². The molecule has 0 aliphatic heterocycles. The van der Waals surface area contributed by atoms with Gasteiger partial charge in [-0.2, -0.15) is 0 Å². The maximum Gasteiger partial charge on any atom is 0.341 e. The Bertz CT molecular complexity index is 509. The first-order valence-electron chi connectivity index (χ1n) is 5.00. The highest BCUT2D eigenvalue weighted by Gasteiger charge is 2.24. The fourth-order valence-electron chi connectivity index (χ4n) is 1.45. The number of amides is 1. The Morgan fingerprint density at radius 1 is 1.39 bits per heavy atom. The molecule has 0 saturated carbocycles. The molecule has 0 aromatic carbocycles. The van der Waals surface area contributed by atoms with Gasteiger partial charge >= 0.3 is 5.97 Å². The molecular formula is C11H12ClNO4S. The van der Waals surface area contributed by atoms with Crippen molar-refractivity contribution < 1.29 is 19.1 Å². The first-order chi connectivity index (χ1) is 8.42. The number of hydrogen-bond donors (Lipinski definition) is 1. The van der Waals surface area contributed by atoms with E-state index in [-0.39, 0.29) is 22.2 Å². The van der Waals surface area contributed by atoms with E-state index in [0.29, 0.717) is 10.4 Å². The van der Waals surface area contributed by atoms with Gasteiger partial charge in [0.05, 0.1) is 17.6 Å². The quantitative estimate of drug-likeness (QED) is 0.524. The molecule has 0 spiro atoms. The van der Waals surface area contributed by atoms with Crippen molar-refractivity contribution in [2.75, 3.05) is 18.3 Å². The Morgan fingerprint density at radius 3 is 2.44 bits per heavy atom. The smallest absolute Gasteiger partial charge is 0.341 e. The number of rotatable bonds is 4. The second-order valence-corrected chi connectivity index (χ2v) is 4.78. The minimum absolute atomic E-state index is 0.172. The molecular weight excluding hydrogens is 278 g/mol. The number of alkyl halides is 1. The molecule has 0 aliphatic carbocycles. The summed E-state index contributed by atoms with van der Waals surface area (Å²) in [6.45, 7) is 3.03. The van der Waals surface area contributed by atoms with Gasteiger partial charge in [0.25, 0.3) is 0 Å². The van der Waals surface area contributed by atoms with Crippen LogP contribution in [0, 0.1) is 6.92 Å². The van der Waals surface area contributed by atoms with Crippen LogP contribution >= 0.6 is 22.9 Å². The Morgan fingerprint density at radius 2 is 2.00 bits per heavy atom. The van der Waals surface area contributed by atoms with E-state index in [1.165, 1.54) is 14.0 Å². The van der Waals surface area contributed by atoms with Crippen LogP contribution in [0.15, 0.2) is 0 Å². The van der Waals surface area contributed by atoms with E-state index in [0.717, 1.165) is 11.3 Å². The minimum atomic E-state index is -0.596. The average Bonchev–Trinajstić information content (AvgIpc) is 2.65. The topological polar surface area (TPSA) is 72.5 Å². The number of carbonyl (C=O) groups excluding carboxylic acids is 3. The maximum atomic E-state index is 11.6. The lowest BCUT2D eigenvalue weighted by atomic mass is 10.1. The number of halogens is 1. The van der Waals surface area contributed by atoms with E-state index in [9.17, 15) is 14.4 Å². The SMILES string of the molecule is COC(=O)c1c(NC(=O)CCl)sc(C(C)=O)c1C. The van der Waals surface area contributed by atoms with Crippen molar-refractivity contribution in [1.82, 2.24) is 0 Å². The molecule has 1 aromatic heterocycles. The Balaban J connectivity index is 3.30. The van der Waals surface area contributed by atoms with Gasteiger partial charge in [0.2, 0.25) is 5.91 Å². The van der Waals surface area contributed by atoms with Crippen LogP contribution in [-0.2, 0) is 9.53 Å². The van der Waals surface area contributed by atoms with Crippen LogP contribution in [0.1, 0.15) is 32.5 Å². The van der Waals surface area contributed by atoms with Crippen molar-refractivity contribution in [3.8, 4) is 0 Å². The fourth-order valence-corrected chi connectivity index (χ4v) is 2.62. The number of hydrogen-bond acceptors (Lipinski definition) is 5. The molecule has 1 N–H and O–H groups in total. The average molecular weight is 290 g/mol. The molecule has 0 bridgehead atoms. The lowest BCUT2D eigenvalue weighted by molar-refractivity contribution is -0.113. The van der Waals surface area contributed by atoms with Crippen LogP contribution in [0.4, 0.5) is 5.00 Å². The van der Waals surface area contributed by atoms with Crippen LogP contribution in [0.2, 0.25) is 0 Å². The third-order valence-electron chi connectivity index (χ3n) is 2.23. The Hall–Kier alpha value is -1.40. The van der Waals surface area contributed by atoms with E-state index >= 15 is 0 Å². The molecule has 18 heavy (non-hydrogen) atoms. The van der Waals surface area contributed by atoms with Crippen molar-refractivity contribution in [3.63, 3.8) is 0 Å². The van der Waals surface area contributed by atoms with E-state index in [1.54, 1.807) is 6.92 Å². The van der Waals surface area contributed by atoms with Gasteiger partial charge in [-0.05, 0) is 19.4 Å². The number of ether oxygens (including phenoxy) is 1. The second kappa shape index (κ2) is 5.97. The third kappa shape index (κ3) is 2.88. The second-order valence-electron chi connectivity index (χ2n) is 3.49. The van der Waals surface area contributed by atoms with Gasteiger partial charge in [0, 0.05) is 0 Å². The number of nitrogens with one attached hydrogen (secondary N) is 1. The summed E-state index contributed by atoms with van der Waals surface area (Å²) >= 11 is 6.43. The van der Waals surface area contributed by atoms with Gasteiger partial charge < -0.3 is 10.1 Å². The number of methoxy groups -OCH3 is 1. The summed E-state index contributed by atoms with van der Waals surface area (Å²) in [5.74, 6) is -1.44. The van der Waals surface area contributed by atoms with Gasteiger partial charge in [-0.3, -0.25) is 9.59 Å². The predicted molar refractivity (Wildman–Crippen MR) is 69.7 cm³/mol. The highest BCUT2D eigenvalue weighted by atomic mass is 35.5. The molecule has 1 heterocycles. The number of thiophene rings is 1. The van der Waals surface area contributed by atoms with Gasteiger partial charge in [0.15, 0.2) is 5.78 Å². The zero-order chi connectivity index (χ0) is 13.9. The zero-order valence-electron chi connectivity index (χ0n) is 10.1. The van der Waals surface area contributed by atoms with Crippen LogP contribution in [0.3, 0.4) is 0 Å². The molecule has 0 atom stereocenters. The predicted octanol–water partition coefficient (Wildman–Crippen LogP) is 2.22. The summed E-state index contributed by atoms with van der Waals surface area (Å²) in [7, 11) is 1.24. The third-order valence-corrected chi connectivity index (χ3v) is 3.78. The molecule has 0 fully saturated rings. The molecule has 0 aliphatic rings. The molecule has 0 radical (unpaired) electrons. The number of anilines is 1. The van der Waals surface area contributed by atoms with Crippen molar-refractivity contribution in [3.05, 3.63) is 16.0 Å². The van der Waals surface area contributed by atoms with Gasteiger partial charge in [-0.15, -0.1) is 22.9 Å². The van der Waals surface area contributed by atoms with E-state index in [2.05, 4.69) is 10.1 Å². The van der Waals surface area contributed by atoms with Crippen molar-refractivity contribution in [2.24, 2.45) is 0 Å². The molecule has 1 rings (SSSR count). The van der Waals surface area contributed by atoms with Crippen LogP contribution < -0.4 is 5.32 Å². The molecule has 0 unspecified atom stereocenters. The summed E-state index contributed by atoms with van der Waals surface area (Å²) < 4.78 is 4.64. The lowest BCUT2D eigenvalue weighted by Gasteiger charge is -2.04. The number of ketones is 1. The minimum Gasteiger partial charge on any atom is -0.465 e. The van der Waals surface area contributed by atoms with Crippen LogP contribution in [0.5, 0.6) is 0 Å². The monoisotopic (exact) mass is 289 g/mol. The summed E-state index contributed by atoms with van der Waals surface area (Å²) in [4.78, 5) is 34.7. The summed E-state index contributed by atoms with van der Waals surface area (Å²) in [5, 5.41) is 2.77. The van der Waals surface area contributed by atoms with Gasteiger partial charge in [-0.1, -0.05) is 0 Å². The summed E-state index contributed by atoms with van der Waals surface area (Å²) in [5.41, 5.74) is 0.704. The Labute approximate surface area is 113 Å². The molecule has 1 amide bonds. The van der Waals surface area contributed by atoms with Crippen LogP contribution in [-0.4, -0.2) is 30.6 Å². The molecule has 5 nitrogen and oxygen atoms in total. The largest absolute Gasteiger partial charge is 0.465 e.